The van der Waals surface area contributed by atoms with Gasteiger partial charge in [-0.2, -0.15) is 0 Å². The molecule has 0 aliphatic rings. The number of hydrogen-bond donors (Lipinski definition) is 1. The molecule has 3 heteroatoms. The zero-order valence-electron chi connectivity index (χ0n) is 9.80. The van der Waals surface area contributed by atoms with Crippen molar-refractivity contribution in [2.24, 2.45) is 0 Å². The summed E-state index contributed by atoms with van der Waals surface area (Å²) in [6.07, 6.45) is 4.34. The molecule has 1 amide bonds. The predicted octanol–water partition coefficient (Wildman–Crippen LogP) is 2.11. The summed E-state index contributed by atoms with van der Waals surface area (Å²) >= 11 is 0. The van der Waals surface area contributed by atoms with Crippen molar-refractivity contribution in [1.29, 1.82) is 0 Å². The first-order valence-electron chi connectivity index (χ1n) is 5.45. The zero-order chi connectivity index (χ0) is 11.0. The lowest BCUT2D eigenvalue weighted by atomic mass is 10.1. The maximum atomic E-state index is 11.4. The highest BCUT2D eigenvalue weighted by atomic mass is 16.5. The van der Waals surface area contributed by atoms with Gasteiger partial charge in [-0.05, 0) is 20.3 Å². The number of amides is 1. The largest absolute Gasteiger partial charge is 0.372 e. The Morgan fingerprint density at radius 2 is 2.00 bits per heavy atom. The van der Waals surface area contributed by atoms with Crippen LogP contribution in [0.3, 0.4) is 0 Å². The number of carbonyl (C=O) groups is 1. The van der Waals surface area contributed by atoms with E-state index in [1.54, 1.807) is 14.0 Å². The summed E-state index contributed by atoms with van der Waals surface area (Å²) < 4.78 is 4.93. The van der Waals surface area contributed by atoms with Crippen LogP contribution < -0.4 is 5.32 Å². The van der Waals surface area contributed by atoms with E-state index in [1.807, 2.05) is 6.92 Å². The van der Waals surface area contributed by atoms with Gasteiger partial charge in [-0.25, -0.2) is 0 Å². The lowest BCUT2D eigenvalue weighted by Crippen LogP contribution is -2.39. The van der Waals surface area contributed by atoms with Gasteiger partial charge in [0, 0.05) is 13.2 Å². The Morgan fingerprint density at radius 1 is 1.36 bits per heavy atom. The molecule has 0 rings (SSSR count). The third kappa shape index (κ3) is 5.97. The van der Waals surface area contributed by atoms with Crippen molar-refractivity contribution in [3.63, 3.8) is 0 Å². The SMILES string of the molecule is CCCCCC(C)NC(=O)C(C)OC. The van der Waals surface area contributed by atoms with Gasteiger partial charge in [0.2, 0.25) is 5.91 Å². The average Bonchev–Trinajstić information content (AvgIpc) is 2.16. The second-order valence-corrected chi connectivity index (χ2v) is 3.78. The fraction of sp³-hybridized carbons (Fsp3) is 0.909. The van der Waals surface area contributed by atoms with Crippen LogP contribution in [0.25, 0.3) is 0 Å². The number of unbranched alkanes of at least 4 members (excludes halogenated alkanes) is 2. The minimum atomic E-state index is -0.344. The van der Waals surface area contributed by atoms with Crippen molar-refractivity contribution in [3.8, 4) is 0 Å². The van der Waals surface area contributed by atoms with Crippen molar-refractivity contribution in [3.05, 3.63) is 0 Å². The molecule has 0 radical (unpaired) electrons. The van der Waals surface area contributed by atoms with Crippen LogP contribution in [-0.2, 0) is 9.53 Å². The monoisotopic (exact) mass is 201 g/mol. The highest BCUT2D eigenvalue weighted by molar-refractivity contribution is 5.80. The van der Waals surface area contributed by atoms with E-state index in [0.29, 0.717) is 0 Å². The van der Waals surface area contributed by atoms with Crippen molar-refractivity contribution in [2.45, 2.75) is 58.6 Å². The fourth-order valence-corrected chi connectivity index (χ4v) is 1.24. The molecular weight excluding hydrogens is 178 g/mol. The summed E-state index contributed by atoms with van der Waals surface area (Å²) in [7, 11) is 1.55. The lowest BCUT2D eigenvalue weighted by molar-refractivity contribution is -0.130. The molecule has 0 heterocycles. The van der Waals surface area contributed by atoms with E-state index in [2.05, 4.69) is 12.2 Å². The van der Waals surface area contributed by atoms with Crippen LogP contribution in [-0.4, -0.2) is 25.2 Å². The molecule has 0 bridgehead atoms. The number of rotatable bonds is 7. The van der Waals surface area contributed by atoms with Crippen molar-refractivity contribution in [1.82, 2.24) is 5.32 Å². The summed E-state index contributed by atoms with van der Waals surface area (Å²) in [4.78, 5) is 11.4. The summed E-state index contributed by atoms with van der Waals surface area (Å²) in [6.45, 7) is 5.97. The van der Waals surface area contributed by atoms with E-state index in [-0.39, 0.29) is 18.1 Å². The number of ether oxygens (including phenoxy) is 1. The molecule has 2 unspecified atom stereocenters. The fourth-order valence-electron chi connectivity index (χ4n) is 1.24. The van der Waals surface area contributed by atoms with E-state index in [9.17, 15) is 4.79 Å². The van der Waals surface area contributed by atoms with Crippen molar-refractivity contribution >= 4 is 5.91 Å². The van der Waals surface area contributed by atoms with Crippen LogP contribution in [0.1, 0.15) is 46.5 Å². The molecule has 0 saturated heterocycles. The van der Waals surface area contributed by atoms with Gasteiger partial charge >= 0.3 is 0 Å². The Morgan fingerprint density at radius 3 is 2.50 bits per heavy atom. The smallest absolute Gasteiger partial charge is 0.249 e. The maximum Gasteiger partial charge on any atom is 0.249 e. The first-order chi connectivity index (χ1) is 6.61. The van der Waals surface area contributed by atoms with Gasteiger partial charge in [-0.15, -0.1) is 0 Å². The lowest BCUT2D eigenvalue weighted by Gasteiger charge is -2.16. The highest BCUT2D eigenvalue weighted by Gasteiger charge is 2.13. The van der Waals surface area contributed by atoms with E-state index in [1.165, 1.54) is 19.3 Å². The maximum absolute atomic E-state index is 11.4. The van der Waals surface area contributed by atoms with Crippen LogP contribution in [0, 0.1) is 0 Å². The van der Waals surface area contributed by atoms with Crippen LogP contribution in [0.15, 0.2) is 0 Å². The van der Waals surface area contributed by atoms with Crippen molar-refractivity contribution < 1.29 is 9.53 Å². The minimum absolute atomic E-state index is 0.0171. The van der Waals surface area contributed by atoms with E-state index in [4.69, 9.17) is 4.74 Å². The topological polar surface area (TPSA) is 38.3 Å². The van der Waals surface area contributed by atoms with Crippen molar-refractivity contribution in [2.75, 3.05) is 7.11 Å². The van der Waals surface area contributed by atoms with Gasteiger partial charge in [0.15, 0.2) is 0 Å². The van der Waals surface area contributed by atoms with Gasteiger partial charge in [0.25, 0.3) is 0 Å². The third-order valence-electron chi connectivity index (χ3n) is 2.35. The first kappa shape index (κ1) is 13.4. The second-order valence-electron chi connectivity index (χ2n) is 3.78. The van der Waals surface area contributed by atoms with Gasteiger partial charge in [0.1, 0.15) is 6.10 Å². The highest BCUT2D eigenvalue weighted by Crippen LogP contribution is 2.03. The quantitative estimate of drug-likeness (QED) is 0.641. The van der Waals surface area contributed by atoms with E-state index in [0.717, 1.165) is 6.42 Å². The summed E-state index contributed by atoms with van der Waals surface area (Å²) in [5, 5.41) is 2.93. The molecule has 14 heavy (non-hydrogen) atoms. The third-order valence-corrected chi connectivity index (χ3v) is 2.35. The number of methoxy groups -OCH3 is 1. The number of nitrogens with one attached hydrogen (secondary N) is 1. The average molecular weight is 201 g/mol. The van der Waals surface area contributed by atoms with Crippen LogP contribution in [0.2, 0.25) is 0 Å². The molecule has 0 aromatic rings. The normalized spacial score (nSPS) is 14.9. The summed E-state index contributed by atoms with van der Waals surface area (Å²) in [6, 6.07) is 0.256. The Bertz CT molecular complexity index is 159. The van der Waals surface area contributed by atoms with Gasteiger partial charge in [-0.3, -0.25) is 4.79 Å². The Kier molecular flexibility index (Phi) is 7.48. The van der Waals surface area contributed by atoms with Crippen LogP contribution in [0.4, 0.5) is 0 Å². The van der Waals surface area contributed by atoms with Gasteiger partial charge in [-0.1, -0.05) is 26.2 Å². The molecule has 0 aromatic carbocycles. The predicted molar refractivity (Wildman–Crippen MR) is 58.2 cm³/mol. The summed E-state index contributed by atoms with van der Waals surface area (Å²) in [5.41, 5.74) is 0. The van der Waals surface area contributed by atoms with Gasteiger partial charge < -0.3 is 10.1 Å². The molecule has 84 valence electrons. The molecular formula is C11H23NO2. The Balaban J connectivity index is 3.60. The number of hydrogen-bond acceptors (Lipinski definition) is 2. The molecule has 3 nitrogen and oxygen atoms in total. The molecule has 0 aliphatic carbocycles. The first-order valence-corrected chi connectivity index (χ1v) is 5.45. The minimum Gasteiger partial charge on any atom is -0.372 e. The zero-order valence-corrected chi connectivity index (χ0v) is 9.80. The summed E-state index contributed by atoms with van der Waals surface area (Å²) in [5.74, 6) is -0.0171. The standard InChI is InChI=1S/C11H23NO2/c1-5-6-7-8-9(2)12-11(13)10(3)14-4/h9-10H,5-8H2,1-4H3,(H,12,13). The molecule has 0 fully saturated rings. The van der Waals surface area contributed by atoms with E-state index >= 15 is 0 Å². The molecule has 2 atom stereocenters. The molecule has 0 aromatic heterocycles. The number of carbonyl (C=O) groups excluding carboxylic acids is 1. The Labute approximate surface area is 87.2 Å². The second kappa shape index (κ2) is 7.80. The van der Waals surface area contributed by atoms with E-state index < -0.39 is 0 Å². The molecule has 0 saturated carbocycles. The molecule has 0 spiro atoms. The molecule has 1 N–H and O–H groups in total. The van der Waals surface area contributed by atoms with Gasteiger partial charge in [0.05, 0.1) is 0 Å². The van der Waals surface area contributed by atoms with Crippen LogP contribution >= 0.6 is 0 Å². The molecule has 0 aliphatic heterocycles. The Hall–Kier alpha value is -0.570. The van der Waals surface area contributed by atoms with Crippen LogP contribution in [0.5, 0.6) is 0 Å².